The lowest BCUT2D eigenvalue weighted by Gasteiger charge is -2.16. The van der Waals surface area contributed by atoms with Crippen LogP contribution in [0.4, 0.5) is 17.6 Å². The van der Waals surface area contributed by atoms with Crippen LogP contribution in [-0.2, 0) is 9.59 Å². The van der Waals surface area contributed by atoms with Gasteiger partial charge in [0.25, 0.3) is 5.78 Å². The molecule has 9 heteroatoms. The number of carbonyl (C=O) groups excluding carboxylic acids is 1. The molecule has 0 fully saturated rings. The fraction of sp³-hybridized carbons (Fsp3) is 0.0909. The monoisotopic (exact) mass is 293 g/mol. The minimum Gasteiger partial charge on any atom is -0.872 e. The summed E-state index contributed by atoms with van der Waals surface area (Å²) in [7, 11) is 0.738. The highest BCUT2D eigenvalue weighted by Crippen LogP contribution is 2.31. The molecule has 1 aromatic carbocycles. The number of hydrogen-bond acceptors (Lipinski definition) is 4. The van der Waals surface area contributed by atoms with E-state index in [1.807, 2.05) is 0 Å². The summed E-state index contributed by atoms with van der Waals surface area (Å²) in [5.41, 5.74) is -1.73. The van der Waals surface area contributed by atoms with Crippen LogP contribution >= 0.6 is 0 Å². The van der Waals surface area contributed by atoms with Gasteiger partial charge in [-0.05, 0) is 6.08 Å². The summed E-state index contributed by atoms with van der Waals surface area (Å²) in [6, 6.07) is 0. The van der Waals surface area contributed by atoms with Crippen LogP contribution < -0.4 is 9.84 Å². The Morgan fingerprint density at radius 1 is 1.10 bits per heavy atom. The Bertz CT molecular complexity index is 595. The van der Waals surface area contributed by atoms with E-state index in [4.69, 9.17) is 5.11 Å². The van der Waals surface area contributed by atoms with Crippen molar-refractivity contribution >= 4 is 17.5 Å². The predicted octanol–water partition coefficient (Wildman–Crippen LogP) is 0.606. The summed E-state index contributed by atoms with van der Waals surface area (Å²) in [5.74, 6) is -15.2. The topological polar surface area (TPSA) is 86.7 Å². The Kier molecular flexibility index (Phi) is 4.33. The minimum atomic E-state index is -2.10. The molecule has 0 heterocycles. The number of carbonyl (C=O) groups is 2. The number of halogens is 4. The van der Waals surface area contributed by atoms with Gasteiger partial charge in [0.1, 0.15) is 0 Å². The van der Waals surface area contributed by atoms with Crippen molar-refractivity contribution in [2.24, 2.45) is 0 Å². The van der Waals surface area contributed by atoms with Gasteiger partial charge in [0.15, 0.2) is 17.4 Å². The van der Waals surface area contributed by atoms with E-state index in [9.17, 15) is 32.3 Å². The first kappa shape index (κ1) is 15.5. The van der Waals surface area contributed by atoms with Crippen molar-refractivity contribution in [1.29, 1.82) is 0 Å². The van der Waals surface area contributed by atoms with E-state index < -0.39 is 52.1 Å². The molecule has 0 aliphatic rings. The molecule has 0 aliphatic carbocycles. The van der Waals surface area contributed by atoms with Crippen LogP contribution in [0.5, 0.6) is 5.75 Å². The van der Waals surface area contributed by atoms with Gasteiger partial charge < -0.3 is 14.9 Å². The number of carboxylic acids is 1. The Labute approximate surface area is 108 Å². The van der Waals surface area contributed by atoms with E-state index in [1.165, 1.54) is 0 Å². The number of carboxylic acid groups (broad SMARTS) is 1. The number of hydrogen-bond donors (Lipinski definition) is 1. The van der Waals surface area contributed by atoms with Crippen molar-refractivity contribution in [3.8, 4) is 5.75 Å². The van der Waals surface area contributed by atoms with Crippen LogP contribution in [0.3, 0.4) is 0 Å². The zero-order valence-corrected chi connectivity index (χ0v) is 9.67. The highest BCUT2D eigenvalue weighted by Gasteiger charge is 2.26. The molecule has 0 amide bonds. The number of aliphatic carboxylic acids is 1. The molecule has 0 saturated carbocycles. The Morgan fingerprint density at radius 2 is 1.55 bits per heavy atom. The van der Waals surface area contributed by atoms with Gasteiger partial charge in [-0.1, -0.05) is 5.76 Å². The molecule has 0 radical (unpaired) electrons. The quantitative estimate of drug-likeness (QED) is 0.289. The molecule has 1 aromatic rings. The third-order valence-electron chi connectivity index (χ3n) is 2.15. The number of ether oxygens (including phenoxy) is 1. The van der Waals surface area contributed by atoms with E-state index in [0.717, 1.165) is 7.11 Å². The molecule has 20 heavy (non-hydrogen) atoms. The standard InChI is InChI=1S/C11H6F4O5/c1-20-10-8(14)6(12)5(7(13)9(10)15)3(16)2-4(17)11(18)19/h2,16H,1H3,(H,18,19)/p-1/b3-2+. The summed E-state index contributed by atoms with van der Waals surface area (Å²) < 4.78 is 57.5. The Morgan fingerprint density at radius 3 is 1.90 bits per heavy atom. The first-order valence-electron chi connectivity index (χ1n) is 4.78. The third kappa shape index (κ3) is 2.56. The maximum Gasteiger partial charge on any atom is 0.376 e. The van der Waals surface area contributed by atoms with Gasteiger partial charge in [0, 0.05) is 5.56 Å². The largest absolute Gasteiger partial charge is 0.872 e. The Balaban J connectivity index is 3.55. The van der Waals surface area contributed by atoms with Gasteiger partial charge in [0.2, 0.25) is 11.6 Å². The summed E-state index contributed by atoms with van der Waals surface area (Å²) in [6.45, 7) is 0. The number of rotatable bonds is 4. The zero-order valence-electron chi connectivity index (χ0n) is 9.67. The molecule has 1 N–H and O–H groups in total. The summed E-state index contributed by atoms with van der Waals surface area (Å²) >= 11 is 0. The Hall–Kier alpha value is -2.58. The van der Waals surface area contributed by atoms with Crippen LogP contribution in [0.1, 0.15) is 5.56 Å². The molecule has 0 aliphatic heterocycles. The lowest BCUT2D eigenvalue weighted by Crippen LogP contribution is -2.16. The van der Waals surface area contributed by atoms with Crippen LogP contribution in [0.25, 0.3) is 5.76 Å². The minimum absolute atomic E-state index is 0.199. The van der Waals surface area contributed by atoms with Crippen molar-refractivity contribution in [1.82, 2.24) is 0 Å². The molecular formula is C11H5F4O5-. The van der Waals surface area contributed by atoms with Gasteiger partial charge >= 0.3 is 5.97 Å². The maximum atomic E-state index is 13.4. The van der Waals surface area contributed by atoms with E-state index in [-0.39, 0.29) is 6.08 Å². The molecule has 1 rings (SSSR count). The second kappa shape index (κ2) is 5.59. The van der Waals surface area contributed by atoms with E-state index in [1.54, 1.807) is 0 Å². The fourth-order valence-corrected chi connectivity index (χ4v) is 1.26. The predicted molar refractivity (Wildman–Crippen MR) is 53.4 cm³/mol. The highest BCUT2D eigenvalue weighted by atomic mass is 19.2. The third-order valence-corrected chi connectivity index (χ3v) is 2.15. The second-order valence-corrected chi connectivity index (χ2v) is 3.34. The average molecular weight is 293 g/mol. The molecule has 0 bridgehead atoms. The first-order chi connectivity index (χ1) is 9.22. The van der Waals surface area contributed by atoms with E-state index in [0.29, 0.717) is 0 Å². The summed E-state index contributed by atoms with van der Waals surface area (Å²) in [5, 5.41) is 19.5. The number of methoxy groups -OCH3 is 1. The van der Waals surface area contributed by atoms with E-state index in [2.05, 4.69) is 4.74 Å². The molecule has 0 unspecified atom stereocenters. The van der Waals surface area contributed by atoms with Crippen molar-refractivity contribution in [2.75, 3.05) is 7.11 Å². The molecule has 108 valence electrons. The smallest absolute Gasteiger partial charge is 0.376 e. The second-order valence-electron chi connectivity index (χ2n) is 3.34. The van der Waals surface area contributed by atoms with Gasteiger partial charge in [0.05, 0.1) is 7.11 Å². The number of benzene rings is 1. The van der Waals surface area contributed by atoms with Crippen molar-refractivity contribution in [2.45, 2.75) is 0 Å². The number of ketones is 1. The first-order valence-corrected chi connectivity index (χ1v) is 4.78. The molecule has 0 atom stereocenters. The van der Waals surface area contributed by atoms with Crippen molar-refractivity contribution in [3.63, 3.8) is 0 Å². The van der Waals surface area contributed by atoms with Crippen molar-refractivity contribution < 1.29 is 42.1 Å². The fourth-order valence-electron chi connectivity index (χ4n) is 1.26. The average Bonchev–Trinajstić information content (AvgIpc) is 2.37. The molecule has 0 saturated heterocycles. The zero-order chi connectivity index (χ0) is 15.6. The lowest BCUT2D eigenvalue weighted by molar-refractivity contribution is -0.244. The normalized spacial score (nSPS) is 11.3. The van der Waals surface area contributed by atoms with Crippen LogP contribution in [0.2, 0.25) is 0 Å². The summed E-state index contributed by atoms with van der Waals surface area (Å²) in [6.07, 6.45) is -0.199. The lowest BCUT2D eigenvalue weighted by atomic mass is 10.1. The molecular weight excluding hydrogens is 288 g/mol. The molecule has 5 nitrogen and oxygen atoms in total. The molecule has 0 spiro atoms. The van der Waals surface area contributed by atoms with Gasteiger partial charge in [-0.25, -0.2) is 13.6 Å². The maximum absolute atomic E-state index is 13.4. The van der Waals surface area contributed by atoms with Gasteiger partial charge in [-0.2, -0.15) is 8.78 Å². The van der Waals surface area contributed by atoms with Crippen LogP contribution in [-0.4, -0.2) is 24.0 Å². The SMILES string of the molecule is COc1c(F)c(F)c(/C([O-])=C\C(=O)C(=O)O)c(F)c1F. The molecule has 0 aromatic heterocycles. The van der Waals surface area contributed by atoms with Crippen LogP contribution in [0.15, 0.2) is 6.08 Å². The summed E-state index contributed by atoms with van der Waals surface area (Å²) in [4.78, 5) is 20.9. The van der Waals surface area contributed by atoms with Gasteiger partial charge in [-0.3, -0.25) is 4.79 Å². The van der Waals surface area contributed by atoms with E-state index >= 15 is 0 Å². The van der Waals surface area contributed by atoms with Gasteiger partial charge in [-0.15, -0.1) is 0 Å². The van der Waals surface area contributed by atoms with Crippen LogP contribution in [0, 0.1) is 23.3 Å². The highest BCUT2D eigenvalue weighted by molar-refractivity contribution is 6.38. The van der Waals surface area contributed by atoms with Crippen molar-refractivity contribution in [3.05, 3.63) is 34.9 Å².